The Morgan fingerprint density at radius 3 is 2.47 bits per heavy atom. The number of carbonyl (C=O) groups is 2. The van der Waals surface area contributed by atoms with E-state index in [2.05, 4.69) is 12.2 Å². The molecule has 108 valence electrons. The van der Waals surface area contributed by atoms with Crippen LogP contribution in [-0.4, -0.2) is 53.5 Å². The first-order valence-corrected chi connectivity index (χ1v) is 7.32. The number of piperidine rings is 1. The van der Waals surface area contributed by atoms with Gasteiger partial charge in [0, 0.05) is 32.1 Å². The number of hydrogen-bond donors (Lipinski definition) is 1. The molecule has 0 bridgehead atoms. The summed E-state index contributed by atoms with van der Waals surface area (Å²) in [4.78, 5) is 27.6. The Bertz CT molecular complexity index is 349. The van der Waals surface area contributed by atoms with E-state index in [0.29, 0.717) is 18.9 Å². The largest absolute Gasteiger partial charge is 0.338 e. The Morgan fingerprint density at radius 1 is 1.32 bits per heavy atom. The molecule has 0 aromatic carbocycles. The van der Waals surface area contributed by atoms with Crippen molar-refractivity contribution in [2.24, 2.45) is 5.92 Å². The van der Waals surface area contributed by atoms with Crippen LogP contribution in [-0.2, 0) is 4.79 Å². The number of urea groups is 1. The normalized spacial score (nSPS) is 25.3. The highest BCUT2D eigenvalue weighted by Crippen LogP contribution is 2.18. The van der Waals surface area contributed by atoms with Gasteiger partial charge in [0.15, 0.2) is 0 Å². The topological polar surface area (TPSA) is 52.7 Å². The minimum Gasteiger partial charge on any atom is -0.338 e. The van der Waals surface area contributed by atoms with E-state index in [1.807, 2.05) is 23.6 Å². The fourth-order valence-corrected chi connectivity index (χ4v) is 2.80. The van der Waals surface area contributed by atoms with Gasteiger partial charge < -0.3 is 15.1 Å². The average molecular weight is 267 g/mol. The second kappa shape index (κ2) is 5.80. The maximum Gasteiger partial charge on any atom is 0.317 e. The summed E-state index contributed by atoms with van der Waals surface area (Å²) in [5.74, 6) is 0.862. The quantitative estimate of drug-likeness (QED) is 0.823. The molecule has 0 aromatic rings. The van der Waals surface area contributed by atoms with Gasteiger partial charge in [-0.1, -0.05) is 6.92 Å². The summed E-state index contributed by atoms with van der Waals surface area (Å²) >= 11 is 0. The summed E-state index contributed by atoms with van der Waals surface area (Å²) in [5.41, 5.74) is 0. The molecule has 0 saturated carbocycles. The monoisotopic (exact) mass is 267 g/mol. The average Bonchev–Trinajstić information content (AvgIpc) is 2.71. The van der Waals surface area contributed by atoms with E-state index >= 15 is 0 Å². The van der Waals surface area contributed by atoms with E-state index in [4.69, 9.17) is 0 Å². The fraction of sp³-hybridized carbons (Fsp3) is 0.857. The molecule has 2 saturated heterocycles. The zero-order chi connectivity index (χ0) is 14.0. The minimum atomic E-state index is -0.0262. The molecule has 5 nitrogen and oxygen atoms in total. The summed E-state index contributed by atoms with van der Waals surface area (Å²) in [6, 6.07) is 0.183. The summed E-state index contributed by atoms with van der Waals surface area (Å²) in [7, 11) is 0. The molecule has 19 heavy (non-hydrogen) atoms. The van der Waals surface area contributed by atoms with Crippen molar-refractivity contribution in [3.8, 4) is 0 Å². The molecule has 1 N–H and O–H groups in total. The molecule has 1 atom stereocenters. The smallest absolute Gasteiger partial charge is 0.317 e. The summed E-state index contributed by atoms with van der Waals surface area (Å²) in [6.45, 7) is 8.56. The highest BCUT2D eigenvalue weighted by molar-refractivity contribution is 5.82. The number of hydrogen-bond acceptors (Lipinski definition) is 2. The van der Waals surface area contributed by atoms with Crippen LogP contribution >= 0.6 is 0 Å². The van der Waals surface area contributed by atoms with Gasteiger partial charge in [0.25, 0.3) is 0 Å². The van der Waals surface area contributed by atoms with Crippen LogP contribution < -0.4 is 5.32 Å². The summed E-state index contributed by atoms with van der Waals surface area (Å²) < 4.78 is 0. The van der Waals surface area contributed by atoms with E-state index in [-0.39, 0.29) is 24.0 Å². The van der Waals surface area contributed by atoms with Gasteiger partial charge in [-0.05, 0) is 32.6 Å². The lowest BCUT2D eigenvalue weighted by atomic mass is 10.00. The molecule has 2 aliphatic rings. The minimum absolute atomic E-state index is 0.00435. The van der Waals surface area contributed by atoms with Crippen molar-refractivity contribution in [2.75, 3.05) is 19.6 Å². The van der Waals surface area contributed by atoms with E-state index in [9.17, 15) is 9.59 Å². The number of likely N-dealkylation sites (tertiary alicyclic amines) is 2. The third-order valence-electron chi connectivity index (χ3n) is 4.18. The molecule has 0 aliphatic carbocycles. The Balaban J connectivity index is 1.82. The van der Waals surface area contributed by atoms with Crippen molar-refractivity contribution in [3.05, 3.63) is 0 Å². The number of carbonyl (C=O) groups excluding carboxylic acids is 2. The molecular weight excluding hydrogens is 242 g/mol. The van der Waals surface area contributed by atoms with Crippen molar-refractivity contribution >= 4 is 11.9 Å². The maximum absolute atomic E-state index is 12.1. The lowest BCUT2D eigenvalue weighted by Gasteiger charge is -2.31. The second-order valence-electron chi connectivity index (χ2n) is 6.16. The SMILES string of the molecule is CC1CCN(C(=O)NC2CC(=O)N(C(C)C)C2)CC1. The zero-order valence-corrected chi connectivity index (χ0v) is 12.2. The molecule has 0 aromatic heterocycles. The Hall–Kier alpha value is -1.26. The van der Waals surface area contributed by atoms with Gasteiger partial charge in [-0.2, -0.15) is 0 Å². The summed E-state index contributed by atoms with van der Waals surface area (Å²) in [5, 5.41) is 3.00. The van der Waals surface area contributed by atoms with Crippen molar-refractivity contribution in [1.29, 1.82) is 0 Å². The first kappa shape index (κ1) is 14.2. The van der Waals surface area contributed by atoms with Gasteiger partial charge in [0.1, 0.15) is 0 Å². The number of nitrogens with one attached hydrogen (secondary N) is 1. The van der Waals surface area contributed by atoms with Gasteiger partial charge >= 0.3 is 6.03 Å². The van der Waals surface area contributed by atoms with Crippen LogP contribution in [0, 0.1) is 5.92 Å². The van der Waals surface area contributed by atoms with Crippen LogP contribution in [0.3, 0.4) is 0 Å². The highest BCUT2D eigenvalue weighted by atomic mass is 16.2. The van der Waals surface area contributed by atoms with E-state index in [0.717, 1.165) is 25.9 Å². The fourth-order valence-electron chi connectivity index (χ4n) is 2.80. The first-order valence-electron chi connectivity index (χ1n) is 7.32. The van der Waals surface area contributed by atoms with Crippen LogP contribution in [0.25, 0.3) is 0 Å². The number of amides is 3. The second-order valence-corrected chi connectivity index (χ2v) is 6.16. The van der Waals surface area contributed by atoms with Gasteiger partial charge in [0.2, 0.25) is 5.91 Å². The van der Waals surface area contributed by atoms with Crippen molar-refractivity contribution in [2.45, 2.75) is 52.1 Å². The molecule has 0 radical (unpaired) electrons. The lowest BCUT2D eigenvalue weighted by molar-refractivity contribution is -0.129. The van der Waals surface area contributed by atoms with Crippen LogP contribution in [0.1, 0.15) is 40.0 Å². The molecule has 2 rings (SSSR count). The van der Waals surface area contributed by atoms with Crippen LogP contribution in [0.4, 0.5) is 4.79 Å². The molecule has 1 unspecified atom stereocenters. The highest BCUT2D eigenvalue weighted by Gasteiger charge is 2.33. The van der Waals surface area contributed by atoms with E-state index < -0.39 is 0 Å². The lowest BCUT2D eigenvalue weighted by Crippen LogP contribution is -2.48. The maximum atomic E-state index is 12.1. The molecule has 5 heteroatoms. The van der Waals surface area contributed by atoms with Gasteiger partial charge in [-0.25, -0.2) is 4.79 Å². The Morgan fingerprint density at radius 2 is 1.95 bits per heavy atom. The van der Waals surface area contributed by atoms with Crippen molar-refractivity contribution in [3.63, 3.8) is 0 Å². The molecule has 2 heterocycles. The Kier molecular flexibility index (Phi) is 4.32. The van der Waals surface area contributed by atoms with Gasteiger partial charge in [-0.15, -0.1) is 0 Å². The predicted molar refractivity (Wildman–Crippen MR) is 73.8 cm³/mol. The molecule has 2 fully saturated rings. The van der Waals surface area contributed by atoms with Gasteiger partial charge in [0.05, 0.1) is 6.04 Å². The van der Waals surface area contributed by atoms with Crippen LogP contribution in [0.2, 0.25) is 0 Å². The molecular formula is C14H25N3O2. The third-order valence-corrected chi connectivity index (χ3v) is 4.18. The van der Waals surface area contributed by atoms with Crippen molar-refractivity contribution < 1.29 is 9.59 Å². The number of nitrogens with zero attached hydrogens (tertiary/aromatic N) is 2. The summed E-state index contributed by atoms with van der Waals surface area (Å²) in [6.07, 6.45) is 2.60. The molecule has 3 amide bonds. The molecule has 0 spiro atoms. The number of rotatable bonds is 2. The van der Waals surface area contributed by atoms with E-state index in [1.165, 1.54) is 0 Å². The van der Waals surface area contributed by atoms with E-state index in [1.54, 1.807) is 0 Å². The van der Waals surface area contributed by atoms with Crippen molar-refractivity contribution in [1.82, 2.24) is 15.1 Å². The third kappa shape index (κ3) is 3.39. The Labute approximate surface area is 115 Å². The predicted octanol–water partition coefficient (Wildman–Crippen LogP) is 1.44. The standard InChI is InChI=1S/C14H25N3O2/c1-10(2)17-9-12(8-13(17)18)15-14(19)16-6-4-11(3)5-7-16/h10-12H,4-9H2,1-3H3,(H,15,19). The van der Waals surface area contributed by atoms with Crippen LogP contribution in [0.5, 0.6) is 0 Å². The zero-order valence-electron chi connectivity index (χ0n) is 12.2. The van der Waals surface area contributed by atoms with Crippen LogP contribution in [0.15, 0.2) is 0 Å². The first-order chi connectivity index (χ1) is 8.97. The van der Waals surface area contributed by atoms with Gasteiger partial charge in [-0.3, -0.25) is 4.79 Å². The molecule has 2 aliphatic heterocycles.